The predicted molar refractivity (Wildman–Crippen MR) is 113 cm³/mol. The Balaban J connectivity index is 1.33. The lowest BCUT2D eigenvalue weighted by molar-refractivity contribution is -0.133. The van der Waals surface area contributed by atoms with E-state index in [9.17, 15) is 9.59 Å². The molecule has 0 unspecified atom stereocenters. The second-order valence-electron chi connectivity index (χ2n) is 7.37. The highest BCUT2D eigenvalue weighted by Gasteiger charge is 2.26. The molecule has 1 aliphatic heterocycles. The molecule has 3 heterocycles. The first-order valence-corrected chi connectivity index (χ1v) is 10.0. The van der Waals surface area contributed by atoms with Crippen molar-refractivity contribution in [3.05, 3.63) is 60.6 Å². The molecule has 0 spiro atoms. The molecule has 9 nitrogen and oxygen atoms in total. The van der Waals surface area contributed by atoms with Crippen LogP contribution in [0.4, 0.5) is 16.3 Å². The molecule has 3 amide bonds. The molecule has 2 N–H and O–H groups in total. The van der Waals surface area contributed by atoms with Crippen molar-refractivity contribution in [1.29, 1.82) is 0 Å². The maximum absolute atomic E-state index is 12.4. The van der Waals surface area contributed by atoms with E-state index in [4.69, 9.17) is 0 Å². The number of aromatic nitrogens is 4. The van der Waals surface area contributed by atoms with E-state index in [1.165, 1.54) is 0 Å². The number of piperidine rings is 1. The minimum atomic E-state index is -0.308. The van der Waals surface area contributed by atoms with E-state index >= 15 is 0 Å². The summed E-state index contributed by atoms with van der Waals surface area (Å²) >= 11 is 0. The second-order valence-corrected chi connectivity index (χ2v) is 7.37. The fraction of sp³-hybridized carbons (Fsp3) is 0.333. The molecule has 0 atom stereocenters. The van der Waals surface area contributed by atoms with Crippen LogP contribution >= 0.6 is 0 Å². The minimum Gasteiger partial charge on any atom is -0.341 e. The molecular weight excluding hydrogens is 382 g/mol. The summed E-state index contributed by atoms with van der Waals surface area (Å²) in [5.74, 6) is 0.705. The Hall–Kier alpha value is -3.62. The van der Waals surface area contributed by atoms with Crippen molar-refractivity contribution in [2.45, 2.75) is 32.4 Å². The van der Waals surface area contributed by atoms with E-state index in [0.717, 1.165) is 24.1 Å². The number of rotatable bonds is 5. The number of aryl methyl sites for hydroxylation is 1. The first-order valence-electron chi connectivity index (χ1n) is 10.0. The number of para-hydroxylation sites is 1. The van der Waals surface area contributed by atoms with Gasteiger partial charge in [0.25, 0.3) is 0 Å². The summed E-state index contributed by atoms with van der Waals surface area (Å²) < 4.78 is 3.48. The minimum absolute atomic E-state index is 0.0635. The van der Waals surface area contributed by atoms with Gasteiger partial charge in [-0.2, -0.15) is 10.2 Å². The molecule has 2 aromatic heterocycles. The lowest BCUT2D eigenvalue weighted by Gasteiger charge is -2.32. The van der Waals surface area contributed by atoms with Crippen molar-refractivity contribution in [3.63, 3.8) is 0 Å². The van der Waals surface area contributed by atoms with Crippen LogP contribution in [0.1, 0.15) is 24.4 Å². The zero-order valence-corrected chi connectivity index (χ0v) is 16.9. The molecule has 3 aromatic rings. The van der Waals surface area contributed by atoms with E-state index in [0.29, 0.717) is 18.9 Å². The summed E-state index contributed by atoms with van der Waals surface area (Å²) in [4.78, 5) is 26.7. The van der Waals surface area contributed by atoms with Crippen LogP contribution in [0.15, 0.2) is 55.0 Å². The summed E-state index contributed by atoms with van der Waals surface area (Å²) in [5, 5.41) is 14.2. The van der Waals surface area contributed by atoms with Gasteiger partial charge < -0.3 is 10.2 Å². The van der Waals surface area contributed by atoms with Gasteiger partial charge in [-0.3, -0.25) is 14.8 Å². The lowest BCUT2D eigenvalue weighted by atomic mass is 10.1. The quantitative estimate of drug-likeness (QED) is 0.680. The van der Waals surface area contributed by atoms with Crippen molar-refractivity contribution < 1.29 is 9.59 Å². The Morgan fingerprint density at radius 1 is 1.03 bits per heavy atom. The number of anilines is 2. The summed E-state index contributed by atoms with van der Waals surface area (Å²) in [7, 11) is 0. The van der Waals surface area contributed by atoms with Gasteiger partial charge in [0.2, 0.25) is 5.91 Å². The average molecular weight is 407 g/mol. The molecule has 156 valence electrons. The van der Waals surface area contributed by atoms with Crippen molar-refractivity contribution >= 4 is 23.4 Å². The fourth-order valence-electron chi connectivity index (χ4n) is 3.68. The molecule has 1 aromatic carbocycles. The van der Waals surface area contributed by atoms with Crippen LogP contribution in [0.3, 0.4) is 0 Å². The molecule has 30 heavy (non-hydrogen) atoms. The average Bonchev–Trinajstić information content (AvgIpc) is 3.42. The maximum Gasteiger partial charge on any atom is 0.324 e. The highest BCUT2D eigenvalue weighted by Crippen LogP contribution is 2.26. The topological polar surface area (TPSA) is 97.1 Å². The standard InChI is InChI=1S/C21H25N7O2/c1-16-5-2-3-6-18(16)24-21(30)25-19-7-11-23-28(19)17-8-13-26(14-9-17)20(29)15-27-12-4-10-22-27/h2-7,10-12,17H,8-9,13-15H2,1H3,(H2,24,25,30). The molecule has 1 fully saturated rings. The SMILES string of the molecule is Cc1ccccc1NC(=O)Nc1ccnn1C1CCN(C(=O)Cn2cccn2)CC1. The summed E-state index contributed by atoms with van der Waals surface area (Å²) in [6.45, 7) is 3.51. The first kappa shape index (κ1) is 19.7. The van der Waals surface area contributed by atoms with Crippen LogP contribution in [0.25, 0.3) is 0 Å². The number of hydrogen-bond donors (Lipinski definition) is 2. The van der Waals surface area contributed by atoms with E-state index in [-0.39, 0.29) is 24.5 Å². The third-order valence-electron chi connectivity index (χ3n) is 5.32. The van der Waals surface area contributed by atoms with Gasteiger partial charge in [0.05, 0.1) is 12.2 Å². The number of nitrogens with one attached hydrogen (secondary N) is 2. The largest absolute Gasteiger partial charge is 0.341 e. The fourth-order valence-corrected chi connectivity index (χ4v) is 3.68. The number of carbonyl (C=O) groups is 2. The summed E-state index contributed by atoms with van der Waals surface area (Å²) in [5.41, 5.74) is 1.76. The Labute approximate surface area is 174 Å². The van der Waals surface area contributed by atoms with Gasteiger partial charge in [0, 0.05) is 37.2 Å². The third kappa shape index (κ3) is 4.51. The van der Waals surface area contributed by atoms with Crippen LogP contribution in [0.2, 0.25) is 0 Å². The van der Waals surface area contributed by atoms with Crippen LogP contribution in [-0.2, 0) is 11.3 Å². The van der Waals surface area contributed by atoms with Crippen molar-refractivity contribution in [2.24, 2.45) is 0 Å². The van der Waals surface area contributed by atoms with Gasteiger partial charge in [-0.15, -0.1) is 0 Å². The van der Waals surface area contributed by atoms with E-state index in [2.05, 4.69) is 20.8 Å². The highest BCUT2D eigenvalue weighted by molar-refractivity contribution is 5.99. The first-order chi connectivity index (χ1) is 14.6. The zero-order valence-electron chi connectivity index (χ0n) is 16.9. The summed E-state index contributed by atoms with van der Waals surface area (Å²) in [6.07, 6.45) is 6.69. The Morgan fingerprint density at radius 2 is 1.83 bits per heavy atom. The van der Waals surface area contributed by atoms with E-state index < -0.39 is 0 Å². The number of urea groups is 1. The van der Waals surface area contributed by atoms with Crippen molar-refractivity contribution in [3.8, 4) is 0 Å². The normalized spacial score (nSPS) is 14.5. The molecule has 0 bridgehead atoms. The number of carbonyl (C=O) groups excluding carboxylic acids is 2. The lowest BCUT2D eigenvalue weighted by Crippen LogP contribution is -2.41. The smallest absolute Gasteiger partial charge is 0.324 e. The highest BCUT2D eigenvalue weighted by atomic mass is 16.2. The molecular formula is C21H25N7O2. The van der Waals surface area contributed by atoms with Gasteiger partial charge in [-0.1, -0.05) is 18.2 Å². The van der Waals surface area contributed by atoms with Gasteiger partial charge in [0.1, 0.15) is 12.4 Å². The van der Waals surface area contributed by atoms with Crippen LogP contribution in [0, 0.1) is 6.92 Å². The second kappa shape index (κ2) is 8.81. The molecule has 0 saturated carbocycles. The molecule has 0 radical (unpaired) electrons. The van der Waals surface area contributed by atoms with Crippen LogP contribution < -0.4 is 10.6 Å². The Kier molecular flexibility index (Phi) is 5.78. The molecule has 1 saturated heterocycles. The summed E-state index contributed by atoms with van der Waals surface area (Å²) in [6, 6.07) is 11.0. The van der Waals surface area contributed by atoms with Gasteiger partial charge in [0.15, 0.2) is 0 Å². The monoisotopic (exact) mass is 407 g/mol. The van der Waals surface area contributed by atoms with E-state index in [1.54, 1.807) is 35.4 Å². The van der Waals surface area contributed by atoms with E-state index in [1.807, 2.05) is 40.8 Å². The number of nitrogens with zero attached hydrogens (tertiary/aromatic N) is 5. The number of hydrogen-bond acceptors (Lipinski definition) is 4. The third-order valence-corrected chi connectivity index (χ3v) is 5.32. The molecule has 1 aliphatic rings. The Bertz CT molecular complexity index is 1000. The Morgan fingerprint density at radius 3 is 2.57 bits per heavy atom. The molecule has 9 heteroatoms. The number of amides is 3. The maximum atomic E-state index is 12.4. The van der Waals surface area contributed by atoms with Crippen molar-refractivity contribution in [1.82, 2.24) is 24.5 Å². The van der Waals surface area contributed by atoms with Crippen LogP contribution in [0.5, 0.6) is 0 Å². The molecule has 4 rings (SSSR count). The van der Waals surface area contributed by atoms with Gasteiger partial charge in [-0.05, 0) is 37.5 Å². The van der Waals surface area contributed by atoms with Gasteiger partial charge in [-0.25, -0.2) is 9.48 Å². The number of likely N-dealkylation sites (tertiary alicyclic amines) is 1. The van der Waals surface area contributed by atoms with Crippen LogP contribution in [-0.4, -0.2) is 49.5 Å². The van der Waals surface area contributed by atoms with Gasteiger partial charge >= 0.3 is 6.03 Å². The zero-order chi connectivity index (χ0) is 20.9. The van der Waals surface area contributed by atoms with Crippen molar-refractivity contribution in [2.75, 3.05) is 23.7 Å². The molecule has 0 aliphatic carbocycles. The predicted octanol–water partition coefficient (Wildman–Crippen LogP) is 2.90. The number of benzene rings is 1.